The molecule has 1 aliphatic carbocycles. The summed E-state index contributed by atoms with van der Waals surface area (Å²) in [6.45, 7) is 0. The lowest BCUT2D eigenvalue weighted by atomic mass is 10.1. The topological polar surface area (TPSA) is 74.3 Å². The zero-order chi connectivity index (χ0) is 22.2. The molecule has 2 aromatic carbocycles. The van der Waals surface area contributed by atoms with Crippen molar-refractivity contribution in [2.75, 3.05) is 7.11 Å². The molecule has 0 atom stereocenters. The van der Waals surface area contributed by atoms with Crippen LogP contribution < -0.4 is 15.7 Å². The molecule has 0 spiro atoms. The Morgan fingerprint density at radius 2 is 1.75 bits per heavy atom. The van der Waals surface area contributed by atoms with E-state index in [1.165, 1.54) is 19.2 Å². The van der Waals surface area contributed by atoms with Crippen LogP contribution in [0, 0.1) is 5.82 Å². The van der Waals surface area contributed by atoms with E-state index in [1.807, 2.05) is 0 Å². The highest BCUT2D eigenvalue weighted by Crippen LogP contribution is 2.31. The molecule has 0 radical (unpaired) electrons. The fraction of sp³-hybridized carbons (Fsp3) is 0.320. The molecule has 32 heavy (non-hydrogen) atoms. The molecule has 0 amide bonds. The van der Waals surface area contributed by atoms with Crippen LogP contribution >= 0.6 is 0 Å². The average molecular weight is 434 g/mol. The van der Waals surface area contributed by atoms with E-state index in [9.17, 15) is 14.0 Å². The summed E-state index contributed by atoms with van der Waals surface area (Å²) in [6, 6.07) is 10.7. The smallest absolute Gasteiger partial charge is 0.269 e. The summed E-state index contributed by atoms with van der Waals surface area (Å²) in [7, 11) is 1.52. The maximum atomic E-state index is 13.8. The lowest BCUT2D eigenvalue weighted by molar-refractivity contribution is 0.414. The summed E-state index contributed by atoms with van der Waals surface area (Å²) in [6.07, 6.45) is 5.91. The van der Waals surface area contributed by atoms with Gasteiger partial charge in [0.2, 0.25) is 11.1 Å². The van der Waals surface area contributed by atoms with Crippen molar-refractivity contribution in [1.82, 2.24) is 9.55 Å². The van der Waals surface area contributed by atoms with Gasteiger partial charge in [-0.15, -0.1) is 0 Å². The van der Waals surface area contributed by atoms with Crippen LogP contribution in [-0.2, 0) is 0 Å². The Morgan fingerprint density at radius 1 is 1.03 bits per heavy atom. The third-order valence-corrected chi connectivity index (χ3v) is 6.24. The van der Waals surface area contributed by atoms with Gasteiger partial charge in [0.05, 0.1) is 12.5 Å². The van der Waals surface area contributed by atoms with Crippen molar-refractivity contribution in [2.24, 2.45) is 0 Å². The molecule has 2 aromatic heterocycles. The summed E-state index contributed by atoms with van der Waals surface area (Å²) in [5, 5.41) is 0.247. The van der Waals surface area contributed by atoms with Crippen molar-refractivity contribution in [3.63, 3.8) is 0 Å². The van der Waals surface area contributed by atoms with Crippen LogP contribution in [0.2, 0.25) is 0 Å². The van der Waals surface area contributed by atoms with Crippen LogP contribution in [0.25, 0.3) is 33.5 Å². The van der Waals surface area contributed by atoms with E-state index in [0.29, 0.717) is 28.1 Å². The lowest BCUT2D eigenvalue weighted by Crippen LogP contribution is -2.30. The second kappa shape index (κ2) is 8.22. The molecule has 0 N–H and O–H groups in total. The summed E-state index contributed by atoms with van der Waals surface area (Å²) >= 11 is 0. The molecular weight excluding hydrogens is 411 g/mol. The van der Waals surface area contributed by atoms with Crippen LogP contribution in [0.3, 0.4) is 0 Å². The number of ether oxygens (including phenoxy) is 1. The van der Waals surface area contributed by atoms with Gasteiger partial charge in [0.15, 0.2) is 5.39 Å². The molecule has 0 bridgehead atoms. The number of methoxy groups -OCH3 is 1. The Kier molecular flexibility index (Phi) is 5.25. The predicted octanol–water partition coefficient (Wildman–Crippen LogP) is 5.21. The molecule has 7 heteroatoms. The second-order valence-corrected chi connectivity index (χ2v) is 8.24. The quantitative estimate of drug-likeness (QED) is 0.327. The van der Waals surface area contributed by atoms with Gasteiger partial charge in [-0.05, 0) is 49.2 Å². The highest BCUT2D eigenvalue weighted by atomic mass is 19.1. The van der Waals surface area contributed by atoms with Crippen molar-refractivity contribution in [3.8, 4) is 17.1 Å². The first-order valence-corrected chi connectivity index (χ1v) is 10.9. The van der Waals surface area contributed by atoms with Crippen LogP contribution in [0.1, 0.15) is 44.6 Å². The molecule has 4 aromatic rings. The molecule has 0 aliphatic heterocycles. The lowest BCUT2D eigenvalue weighted by Gasteiger charge is -2.21. The zero-order valence-corrected chi connectivity index (χ0v) is 17.8. The summed E-state index contributed by atoms with van der Waals surface area (Å²) < 4.78 is 26.4. The molecule has 0 saturated heterocycles. The Bertz CT molecular complexity index is 1410. The maximum absolute atomic E-state index is 13.8. The van der Waals surface area contributed by atoms with Gasteiger partial charge >= 0.3 is 0 Å². The van der Waals surface area contributed by atoms with Crippen LogP contribution in [-0.4, -0.2) is 16.7 Å². The largest absolute Gasteiger partial charge is 0.497 e. The number of hydrogen-bond acceptors (Lipinski definition) is 5. The van der Waals surface area contributed by atoms with Gasteiger partial charge in [-0.3, -0.25) is 14.2 Å². The highest BCUT2D eigenvalue weighted by molar-refractivity contribution is 5.89. The minimum atomic E-state index is -0.410. The normalized spacial score (nSPS) is 15.2. The summed E-state index contributed by atoms with van der Waals surface area (Å²) in [4.78, 5) is 31.7. The van der Waals surface area contributed by atoms with Crippen molar-refractivity contribution in [2.45, 2.75) is 44.6 Å². The van der Waals surface area contributed by atoms with Crippen LogP contribution in [0.5, 0.6) is 5.75 Å². The Labute approximate surface area is 183 Å². The van der Waals surface area contributed by atoms with Gasteiger partial charge in [0.25, 0.3) is 5.56 Å². The van der Waals surface area contributed by atoms with Crippen LogP contribution in [0.4, 0.5) is 4.39 Å². The number of nitrogens with zero attached hydrogens (tertiary/aromatic N) is 2. The van der Waals surface area contributed by atoms with E-state index in [0.717, 1.165) is 38.5 Å². The fourth-order valence-electron chi connectivity index (χ4n) is 4.58. The third-order valence-electron chi connectivity index (χ3n) is 6.24. The van der Waals surface area contributed by atoms with Crippen molar-refractivity contribution >= 4 is 22.1 Å². The van der Waals surface area contributed by atoms with Gasteiger partial charge in [-0.25, -0.2) is 4.39 Å². The van der Waals surface area contributed by atoms with Gasteiger partial charge in [-0.1, -0.05) is 25.7 Å². The Balaban J connectivity index is 1.85. The minimum absolute atomic E-state index is 0.0232. The highest BCUT2D eigenvalue weighted by Gasteiger charge is 2.24. The van der Waals surface area contributed by atoms with Crippen molar-refractivity contribution in [1.29, 1.82) is 0 Å². The number of halogens is 1. The predicted molar refractivity (Wildman–Crippen MR) is 121 cm³/mol. The number of fused-ring (bicyclic) bond motifs is 2. The molecule has 1 saturated carbocycles. The average Bonchev–Trinajstić information content (AvgIpc) is 3.08. The molecular formula is C25H23FN2O4. The Morgan fingerprint density at radius 3 is 2.44 bits per heavy atom. The van der Waals surface area contributed by atoms with Gasteiger partial charge in [0, 0.05) is 17.7 Å². The third kappa shape index (κ3) is 3.47. The molecule has 2 heterocycles. The molecule has 1 fully saturated rings. The van der Waals surface area contributed by atoms with E-state index >= 15 is 0 Å². The number of rotatable bonds is 3. The number of benzene rings is 2. The second-order valence-electron chi connectivity index (χ2n) is 8.24. The number of aromatic nitrogens is 2. The summed E-state index contributed by atoms with van der Waals surface area (Å²) in [5.41, 5.74) is 0.0566. The molecule has 6 nitrogen and oxygen atoms in total. The van der Waals surface area contributed by atoms with E-state index in [-0.39, 0.29) is 23.0 Å². The van der Waals surface area contributed by atoms with Gasteiger partial charge in [-0.2, -0.15) is 4.98 Å². The van der Waals surface area contributed by atoms with E-state index in [1.54, 1.807) is 34.9 Å². The van der Waals surface area contributed by atoms with Crippen molar-refractivity contribution < 1.29 is 13.5 Å². The first-order chi connectivity index (χ1) is 15.6. The first kappa shape index (κ1) is 20.4. The van der Waals surface area contributed by atoms with E-state index in [4.69, 9.17) is 9.15 Å². The monoisotopic (exact) mass is 434 g/mol. The molecule has 1 aliphatic rings. The first-order valence-electron chi connectivity index (χ1n) is 10.9. The SMILES string of the molecule is COc1ccc2c(=O)c3c(=O)n(C4CCCCCC4)c(-c4ccc(F)cc4)nc3oc2c1. The number of hydrogen-bond donors (Lipinski definition) is 0. The van der Waals surface area contributed by atoms with E-state index < -0.39 is 11.0 Å². The fourth-order valence-corrected chi connectivity index (χ4v) is 4.58. The van der Waals surface area contributed by atoms with E-state index in [2.05, 4.69) is 4.98 Å². The Hall–Kier alpha value is -3.48. The van der Waals surface area contributed by atoms with Gasteiger partial charge < -0.3 is 9.15 Å². The summed E-state index contributed by atoms with van der Waals surface area (Å²) in [5.74, 6) is 0.549. The minimum Gasteiger partial charge on any atom is -0.497 e. The van der Waals surface area contributed by atoms with Crippen molar-refractivity contribution in [3.05, 3.63) is 68.9 Å². The van der Waals surface area contributed by atoms with Gasteiger partial charge in [0.1, 0.15) is 23.0 Å². The van der Waals surface area contributed by atoms with Crippen LogP contribution in [0.15, 0.2) is 56.5 Å². The maximum Gasteiger partial charge on any atom is 0.269 e. The molecule has 164 valence electrons. The molecule has 0 unspecified atom stereocenters. The zero-order valence-electron chi connectivity index (χ0n) is 17.8. The molecule has 5 rings (SSSR count). The standard InChI is InChI=1S/C25H23FN2O4/c1-31-18-12-13-19-20(14-18)32-24-21(22(19)29)25(30)28(17-6-4-2-3-5-7-17)23(27-24)15-8-10-16(26)11-9-15/h8-14,17H,2-7H2,1H3.